The molecule has 1 unspecified atom stereocenters. The van der Waals surface area contributed by atoms with Crippen molar-refractivity contribution < 1.29 is 14.3 Å². The van der Waals surface area contributed by atoms with Gasteiger partial charge in [-0.2, -0.15) is 0 Å². The van der Waals surface area contributed by atoms with Crippen LogP contribution in [0.5, 0.6) is 0 Å². The van der Waals surface area contributed by atoms with Gasteiger partial charge in [0.25, 0.3) is 0 Å². The van der Waals surface area contributed by atoms with Crippen LogP contribution in [0.15, 0.2) is 0 Å². The average molecular weight is 259 g/mol. The fraction of sp³-hybridized carbons (Fsp3) is 0.929. The molecule has 1 atom stereocenters. The third-order valence-electron chi connectivity index (χ3n) is 2.73. The third-order valence-corrected chi connectivity index (χ3v) is 2.73. The van der Waals surface area contributed by atoms with Crippen LogP contribution >= 0.6 is 0 Å². The molecule has 0 aliphatic rings. The summed E-state index contributed by atoms with van der Waals surface area (Å²) in [5.74, 6) is 0.632. The molecule has 0 bridgehead atoms. The van der Waals surface area contributed by atoms with Gasteiger partial charge in [-0.05, 0) is 31.2 Å². The fourth-order valence-corrected chi connectivity index (χ4v) is 1.79. The Hall–Kier alpha value is -0.610. The standard InChI is InChI=1S/C14H29NO3/c1-4-5-6-17-7-8-18-14(16)10-13(11-15)9-12(2)3/h12-13H,4-11,15H2,1-3H3. The number of unbranched alkanes of at least 4 members (excludes halogenated alkanes) is 1. The molecule has 0 saturated carbocycles. The molecule has 0 radical (unpaired) electrons. The first kappa shape index (κ1) is 17.4. The summed E-state index contributed by atoms with van der Waals surface area (Å²) in [4.78, 5) is 11.5. The van der Waals surface area contributed by atoms with Crippen LogP contribution < -0.4 is 5.73 Å². The summed E-state index contributed by atoms with van der Waals surface area (Å²) in [5, 5.41) is 0. The van der Waals surface area contributed by atoms with Crippen molar-refractivity contribution in [2.24, 2.45) is 17.6 Å². The van der Waals surface area contributed by atoms with E-state index in [9.17, 15) is 4.79 Å². The van der Waals surface area contributed by atoms with E-state index in [1.54, 1.807) is 0 Å². The predicted octanol–water partition coefficient (Wildman–Crippen LogP) is 2.36. The molecule has 0 aliphatic heterocycles. The molecule has 0 aromatic rings. The molecule has 0 aromatic heterocycles. The van der Waals surface area contributed by atoms with Crippen LogP contribution in [0.2, 0.25) is 0 Å². The minimum Gasteiger partial charge on any atom is -0.463 e. The van der Waals surface area contributed by atoms with E-state index in [0.717, 1.165) is 25.9 Å². The van der Waals surface area contributed by atoms with Crippen molar-refractivity contribution in [2.75, 3.05) is 26.4 Å². The number of carbonyl (C=O) groups is 1. The molecule has 0 spiro atoms. The molecule has 0 amide bonds. The normalized spacial score (nSPS) is 12.7. The highest BCUT2D eigenvalue weighted by molar-refractivity contribution is 5.69. The van der Waals surface area contributed by atoms with E-state index in [4.69, 9.17) is 15.2 Å². The maximum Gasteiger partial charge on any atom is 0.306 e. The first-order valence-corrected chi connectivity index (χ1v) is 7.03. The van der Waals surface area contributed by atoms with Crippen molar-refractivity contribution in [3.05, 3.63) is 0 Å². The van der Waals surface area contributed by atoms with Gasteiger partial charge in [0.05, 0.1) is 6.61 Å². The Morgan fingerprint density at radius 1 is 1.22 bits per heavy atom. The zero-order valence-electron chi connectivity index (χ0n) is 12.1. The quantitative estimate of drug-likeness (QED) is 0.457. The van der Waals surface area contributed by atoms with Crippen molar-refractivity contribution in [1.29, 1.82) is 0 Å². The lowest BCUT2D eigenvalue weighted by atomic mass is 9.94. The topological polar surface area (TPSA) is 61.5 Å². The molecule has 18 heavy (non-hydrogen) atoms. The van der Waals surface area contributed by atoms with E-state index >= 15 is 0 Å². The summed E-state index contributed by atoms with van der Waals surface area (Å²) in [6.45, 7) is 8.51. The molecule has 0 fully saturated rings. The van der Waals surface area contributed by atoms with E-state index in [0.29, 0.717) is 32.1 Å². The highest BCUT2D eigenvalue weighted by atomic mass is 16.6. The maximum atomic E-state index is 11.5. The van der Waals surface area contributed by atoms with Crippen molar-refractivity contribution in [1.82, 2.24) is 0 Å². The summed E-state index contributed by atoms with van der Waals surface area (Å²) in [6.07, 6.45) is 3.56. The Kier molecular flexibility index (Phi) is 11.1. The van der Waals surface area contributed by atoms with E-state index < -0.39 is 0 Å². The van der Waals surface area contributed by atoms with Crippen molar-refractivity contribution in [2.45, 2.75) is 46.5 Å². The number of ether oxygens (including phenoxy) is 2. The molecule has 0 aliphatic carbocycles. The molecule has 0 heterocycles. The molecule has 0 saturated heterocycles. The summed E-state index contributed by atoms with van der Waals surface area (Å²) in [7, 11) is 0. The average Bonchev–Trinajstić information content (AvgIpc) is 2.32. The van der Waals surface area contributed by atoms with Gasteiger partial charge >= 0.3 is 5.97 Å². The van der Waals surface area contributed by atoms with Gasteiger partial charge in [0.1, 0.15) is 6.61 Å². The van der Waals surface area contributed by atoms with Gasteiger partial charge in [-0.25, -0.2) is 0 Å². The minimum atomic E-state index is -0.162. The largest absolute Gasteiger partial charge is 0.463 e. The van der Waals surface area contributed by atoms with Crippen LogP contribution in [-0.4, -0.2) is 32.3 Å². The lowest BCUT2D eigenvalue weighted by Crippen LogP contribution is -2.22. The van der Waals surface area contributed by atoms with Crippen LogP contribution in [0.1, 0.15) is 46.5 Å². The second-order valence-corrected chi connectivity index (χ2v) is 5.12. The zero-order valence-corrected chi connectivity index (χ0v) is 12.1. The van der Waals surface area contributed by atoms with Crippen LogP contribution in [-0.2, 0) is 14.3 Å². The molecule has 2 N–H and O–H groups in total. The second-order valence-electron chi connectivity index (χ2n) is 5.12. The molecule has 4 heteroatoms. The number of hydrogen-bond acceptors (Lipinski definition) is 4. The van der Waals surface area contributed by atoms with E-state index in [1.807, 2.05) is 0 Å². The summed E-state index contributed by atoms with van der Waals surface area (Å²) >= 11 is 0. The maximum absolute atomic E-state index is 11.5. The Bertz CT molecular complexity index is 207. The van der Waals surface area contributed by atoms with E-state index in [-0.39, 0.29) is 11.9 Å². The predicted molar refractivity (Wildman–Crippen MR) is 73.3 cm³/mol. The summed E-state index contributed by atoms with van der Waals surface area (Å²) in [6, 6.07) is 0. The Balaban J connectivity index is 3.56. The van der Waals surface area contributed by atoms with Gasteiger partial charge in [-0.3, -0.25) is 4.79 Å². The first-order valence-electron chi connectivity index (χ1n) is 7.03. The number of esters is 1. The smallest absolute Gasteiger partial charge is 0.306 e. The molecule has 4 nitrogen and oxygen atoms in total. The number of hydrogen-bond donors (Lipinski definition) is 1. The van der Waals surface area contributed by atoms with Crippen molar-refractivity contribution in [3.8, 4) is 0 Å². The van der Waals surface area contributed by atoms with Crippen LogP contribution in [0.4, 0.5) is 0 Å². The van der Waals surface area contributed by atoms with Gasteiger partial charge in [-0.1, -0.05) is 27.2 Å². The third kappa shape index (κ3) is 10.5. The van der Waals surface area contributed by atoms with Gasteiger partial charge in [0.2, 0.25) is 0 Å². The van der Waals surface area contributed by atoms with Crippen LogP contribution in [0, 0.1) is 11.8 Å². The van der Waals surface area contributed by atoms with Gasteiger partial charge in [0.15, 0.2) is 0 Å². The molecular formula is C14H29NO3. The number of nitrogens with two attached hydrogens (primary N) is 1. The SMILES string of the molecule is CCCCOCCOC(=O)CC(CN)CC(C)C. The molecule has 108 valence electrons. The highest BCUT2D eigenvalue weighted by Crippen LogP contribution is 2.14. The van der Waals surface area contributed by atoms with Crippen molar-refractivity contribution >= 4 is 5.97 Å². The first-order chi connectivity index (χ1) is 8.60. The summed E-state index contributed by atoms with van der Waals surface area (Å²) < 4.78 is 10.4. The molecule has 0 rings (SSSR count). The second kappa shape index (κ2) is 11.5. The Morgan fingerprint density at radius 2 is 1.94 bits per heavy atom. The minimum absolute atomic E-state index is 0.162. The highest BCUT2D eigenvalue weighted by Gasteiger charge is 2.14. The molecular weight excluding hydrogens is 230 g/mol. The number of carbonyl (C=O) groups excluding carboxylic acids is 1. The lowest BCUT2D eigenvalue weighted by molar-refractivity contribution is -0.146. The zero-order chi connectivity index (χ0) is 13.8. The number of rotatable bonds is 11. The van der Waals surface area contributed by atoms with Crippen LogP contribution in [0.25, 0.3) is 0 Å². The summed E-state index contributed by atoms with van der Waals surface area (Å²) in [5.41, 5.74) is 5.65. The Labute approximate surface area is 111 Å². The van der Waals surface area contributed by atoms with E-state index in [2.05, 4.69) is 20.8 Å². The van der Waals surface area contributed by atoms with E-state index in [1.165, 1.54) is 0 Å². The van der Waals surface area contributed by atoms with Gasteiger partial charge < -0.3 is 15.2 Å². The Morgan fingerprint density at radius 3 is 2.50 bits per heavy atom. The van der Waals surface area contributed by atoms with Crippen molar-refractivity contribution in [3.63, 3.8) is 0 Å². The van der Waals surface area contributed by atoms with Gasteiger partial charge in [0, 0.05) is 13.0 Å². The van der Waals surface area contributed by atoms with Crippen LogP contribution in [0.3, 0.4) is 0 Å². The fourth-order valence-electron chi connectivity index (χ4n) is 1.79. The monoisotopic (exact) mass is 259 g/mol. The lowest BCUT2D eigenvalue weighted by Gasteiger charge is -2.16. The van der Waals surface area contributed by atoms with Gasteiger partial charge in [-0.15, -0.1) is 0 Å². The molecule has 0 aromatic carbocycles.